The van der Waals surface area contributed by atoms with Crippen LogP contribution >= 0.6 is 0 Å². The Morgan fingerprint density at radius 1 is 1.04 bits per heavy atom. The Kier molecular flexibility index (Phi) is 9.35. The third-order valence-electron chi connectivity index (χ3n) is 5.26. The molecule has 1 atom stereocenters. The predicted molar refractivity (Wildman–Crippen MR) is 108 cm³/mol. The molecular weight excluding hydrogens is 308 g/mol. The molecule has 1 aromatic carbocycles. The summed E-state index contributed by atoms with van der Waals surface area (Å²) in [6.45, 7) is 9.41. The van der Waals surface area contributed by atoms with Crippen LogP contribution < -0.4 is 4.90 Å². The number of aliphatic hydroxyl groups excluding tert-OH is 1. The van der Waals surface area contributed by atoms with Gasteiger partial charge >= 0.3 is 0 Å². The van der Waals surface area contributed by atoms with Gasteiger partial charge in [0, 0.05) is 25.3 Å². The molecule has 0 saturated heterocycles. The Balaban J connectivity index is 1.86. The lowest BCUT2D eigenvalue weighted by molar-refractivity contribution is 0.114. The van der Waals surface area contributed by atoms with Crippen LogP contribution in [0.15, 0.2) is 24.3 Å². The molecule has 0 bridgehead atoms. The summed E-state index contributed by atoms with van der Waals surface area (Å²) in [7, 11) is 0. The average Bonchev–Trinajstić information content (AvgIpc) is 2.62. The summed E-state index contributed by atoms with van der Waals surface area (Å²) < 4.78 is 0. The highest BCUT2D eigenvalue weighted by Crippen LogP contribution is 2.26. The maximum atomic E-state index is 10.7. The number of nitrogens with zero attached hydrogens (tertiary/aromatic N) is 2. The summed E-state index contributed by atoms with van der Waals surface area (Å²) >= 11 is 0. The summed E-state index contributed by atoms with van der Waals surface area (Å²) in [6, 6.07) is 8.68. The Hall–Kier alpha value is -1.06. The number of rotatable bonds is 12. The SMILES string of the molecule is CCCCCN(CCCCC)CC(O)CN1CCCc2ccccc21. The number of hydrogen-bond donors (Lipinski definition) is 1. The molecule has 0 fully saturated rings. The molecule has 1 unspecified atom stereocenters. The van der Waals surface area contributed by atoms with Crippen molar-refractivity contribution in [3.05, 3.63) is 29.8 Å². The monoisotopic (exact) mass is 346 g/mol. The third kappa shape index (κ3) is 6.99. The average molecular weight is 347 g/mol. The number of aryl methyl sites for hydroxylation is 1. The van der Waals surface area contributed by atoms with Gasteiger partial charge in [0.15, 0.2) is 0 Å². The maximum absolute atomic E-state index is 10.7. The maximum Gasteiger partial charge on any atom is 0.0841 e. The lowest BCUT2D eigenvalue weighted by Crippen LogP contribution is -2.42. The van der Waals surface area contributed by atoms with E-state index in [2.05, 4.69) is 47.9 Å². The van der Waals surface area contributed by atoms with Gasteiger partial charge in [-0.1, -0.05) is 57.7 Å². The molecule has 0 spiro atoms. The number of hydrogen-bond acceptors (Lipinski definition) is 3. The van der Waals surface area contributed by atoms with Crippen LogP contribution in [-0.4, -0.2) is 48.8 Å². The molecule has 0 amide bonds. The second kappa shape index (κ2) is 11.5. The van der Waals surface area contributed by atoms with Gasteiger partial charge in [-0.3, -0.25) is 0 Å². The minimum atomic E-state index is -0.269. The van der Waals surface area contributed by atoms with Gasteiger partial charge in [-0.05, 0) is 50.4 Å². The molecule has 1 N–H and O–H groups in total. The van der Waals surface area contributed by atoms with Crippen LogP contribution in [0.3, 0.4) is 0 Å². The molecule has 25 heavy (non-hydrogen) atoms. The van der Waals surface area contributed by atoms with Crippen LogP contribution in [0.25, 0.3) is 0 Å². The topological polar surface area (TPSA) is 26.7 Å². The van der Waals surface area contributed by atoms with Crippen LogP contribution in [0.1, 0.15) is 64.4 Å². The van der Waals surface area contributed by atoms with Crippen LogP contribution in [0, 0.1) is 0 Å². The Morgan fingerprint density at radius 3 is 2.40 bits per heavy atom. The highest BCUT2D eigenvalue weighted by Gasteiger charge is 2.20. The first-order valence-corrected chi connectivity index (χ1v) is 10.5. The molecular formula is C22H38N2O. The first-order valence-electron chi connectivity index (χ1n) is 10.5. The van der Waals surface area contributed by atoms with E-state index >= 15 is 0 Å². The number of para-hydroxylation sites is 1. The molecule has 1 heterocycles. The number of unbranched alkanes of at least 4 members (excludes halogenated alkanes) is 4. The van der Waals surface area contributed by atoms with E-state index in [0.29, 0.717) is 0 Å². The van der Waals surface area contributed by atoms with Crippen molar-refractivity contribution in [2.45, 2.75) is 71.3 Å². The van der Waals surface area contributed by atoms with E-state index in [0.717, 1.165) is 32.7 Å². The lowest BCUT2D eigenvalue weighted by atomic mass is 10.0. The summed E-state index contributed by atoms with van der Waals surface area (Å²) in [5, 5.41) is 10.7. The molecule has 0 radical (unpaired) electrons. The smallest absolute Gasteiger partial charge is 0.0841 e. The van der Waals surface area contributed by atoms with E-state index in [1.165, 1.54) is 62.6 Å². The zero-order valence-corrected chi connectivity index (χ0v) is 16.4. The zero-order chi connectivity index (χ0) is 17.9. The van der Waals surface area contributed by atoms with Gasteiger partial charge in [-0.25, -0.2) is 0 Å². The van der Waals surface area contributed by atoms with E-state index in [1.54, 1.807) is 0 Å². The molecule has 3 nitrogen and oxygen atoms in total. The van der Waals surface area contributed by atoms with Crippen molar-refractivity contribution < 1.29 is 5.11 Å². The van der Waals surface area contributed by atoms with E-state index in [1.807, 2.05) is 0 Å². The Morgan fingerprint density at radius 2 is 1.72 bits per heavy atom. The molecule has 0 saturated carbocycles. The fourth-order valence-electron chi connectivity index (χ4n) is 3.88. The molecule has 1 aliphatic rings. The van der Waals surface area contributed by atoms with Crippen molar-refractivity contribution >= 4 is 5.69 Å². The highest BCUT2D eigenvalue weighted by atomic mass is 16.3. The van der Waals surface area contributed by atoms with Crippen molar-refractivity contribution in [1.82, 2.24) is 4.90 Å². The van der Waals surface area contributed by atoms with Crippen molar-refractivity contribution in [2.24, 2.45) is 0 Å². The molecule has 1 aromatic rings. The number of fused-ring (bicyclic) bond motifs is 1. The normalized spacial score (nSPS) is 15.4. The van der Waals surface area contributed by atoms with E-state index in [4.69, 9.17) is 0 Å². The van der Waals surface area contributed by atoms with Crippen LogP contribution in [0.5, 0.6) is 0 Å². The quantitative estimate of drug-likeness (QED) is 0.565. The minimum absolute atomic E-state index is 0.269. The second-order valence-electron chi connectivity index (χ2n) is 7.55. The molecule has 2 rings (SSSR count). The van der Waals surface area contributed by atoms with Gasteiger partial charge in [0.05, 0.1) is 6.10 Å². The molecule has 1 aliphatic heterocycles. The first kappa shape index (κ1) is 20.3. The van der Waals surface area contributed by atoms with Gasteiger partial charge in [0.2, 0.25) is 0 Å². The second-order valence-corrected chi connectivity index (χ2v) is 7.55. The Labute approximate surface area is 155 Å². The molecule has 0 aliphatic carbocycles. The molecule has 3 heteroatoms. The Bertz CT molecular complexity index is 467. The van der Waals surface area contributed by atoms with Gasteiger partial charge in [0.1, 0.15) is 0 Å². The summed E-state index contributed by atoms with van der Waals surface area (Å²) in [5.41, 5.74) is 2.76. The van der Waals surface area contributed by atoms with Gasteiger partial charge in [-0.2, -0.15) is 0 Å². The number of aliphatic hydroxyl groups is 1. The van der Waals surface area contributed by atoms with Crippen molar-refractivity contribution in [3.63, 3.8) is 0 Å². The largest absolute Gasteiger partial charge is 0.390 e. The third-order valence-corrected chi connectivity index (χ3v) is 5.26. The van der Waals surface area contributed by atoms with Crippen LogP contribution in [-0.2, 0) is 6.42 Å². The van der Waals surface area contributed by atoms with Crippen molar-refractivity contribution in [3.8, 4) is 0 Å². The van der Waals surface area contributed by atoms with Gasteiger partial charge in [-0.15, -0.1) is 0 Å². The standard InChI is InChI=1S/C22H38N2O/c1-3-5-9-15-23(16-10-6-4-2)18-21(25)19-24-17-11-13-20-12-7-8-14-22(20)24/h7-8,12,14,21,25H,3-6,9-11,13,15-19H2,1-2H3. The molecule has 0 aromatic heterocycles. The number of anilines is 1. The molecule has 142 valence electrons. The zero-order valence-electron chi connectivity index (χ0n) is 16.4. The van der Waals surface area contributed by atoms with Gasteiger partial charge < -0.3 is 14.9 Å². The number of benzene rings is 1. The predicted octanol–water partition coefficient (Wildman–Crippen LogP) is 4.48. The van der Waals surface area contributed by atoms with Crippen molar-refractivity contribution in [1.29, 1.82) is 0 Å². The van der Waals surface area contributed by atoms with Crippen LogP contribution in [0.2, 0.25) is 0 Å². The fraction of sp³-hybridized carbons (Fsp3) is 0.727. The summed E-state index contributed by atoms with van der Waals surface area (Å²) in [6.07, 6.45) is 9.70. The highest BCUT2D eigenvalue weighted by molar-refractivity contribution is 5.55. The van der Waals surface area contributed by atoms with Gasteiger partial charge in [0.25, 0.3) is 0 Å². The van der Waals surface area contributed by atoms with E-state index in [-0.39, 0.29) is 6.10 Å². The summed E-state index contributed by atoms with van der Waals surface area (Å²) in [4.78, 5) is 4.88. The van der Waals surface area contributed by atoms with E-state index < -0.39 is 0 Å². The van der Waals surface area contributed by atoms with Crippen molar-refractivity contribution in [2.75, 3.05) is 37.6 Å². The van der Waals surface area contributed by atoms with Crippen LogP contribution in [0.4, 0.5) is 5.69 Å². The minimum Gasteiger partial charge on any atom is -0.390 e. The van der Waals surface area contributed by atoms with E-state index in [9.17, 15) is 5.11 Å². The first-order chi connectivity index (χ1) is 12.2. The lowest BCUT2D eigenvalue weighted by Gasteiger charge is -2.34. The summed E-state index contributed by atoms with van der Waals surface area (Å²) in [5.74, 6) is 0. The number of β-amino-alcohol motifs (C(OH)–C–C–N with tert-alkyl or cyclic N) is 1. The fourth-order valence-corrected chi connectivity index (χ4v) is 3.88.